The third kappa shape index (κ3) is 2.37. The molecule has 0 radical (unpaired) electrons. The van der Waals surface area contributed by atoms with Crippen LogP contribution in [0.3, 0.4) is 0 Å². The highest BCUT2D eigenvalue weighted by Gasteiger charge is 2.17. The van der Waals surface area contributed by atoms with Crippen molar-refractivity contribution in [1.29, 1.82) is 0 Å². The summed E-state index contributed by atoms with van der Waals surface area (Å²) in [5, 5.41) is 7.61. The van der Waals surface area contributed by atoms with Crippen LogP contribution in [-0.2, 0) is 6.54 Å². The van der Waals surface area contributed by atoms with E-state index in [4.69, 9.17) is 0 Å². The summed E-state index contributed by atoms with van der Waals surface area (Å²) in [6.45, 7) is 6.11. The summed E-state index contributed by atoms with van der Waals surface area (Å²) in [6, 6.07) is 0.318. The van der Waals surface area contributed by atoms with Gasteiger partial charge in [0.1, 0.15) is 6.67 Å². The van der Waals surface area contributed by atoms with Crippen molar-refractivity contribution in [3.8, 4) is 0 Å². The number of nitrogens with one attached hydrogen (secondary N) is 1. The lowest BCUT2D eigenvalue weighted by molar-refractivity contribution is 0.421. The molecule has 15 heavy (non-hydrogen) atoms. The summed E-state index contributed by atoms with van der Waals surface area (Å²) in [7, 11) is 1.94. The molecule has 0 fully saturated rings. The predicted octanol–water partition coefficient (Wildman–Crippen LogP) is 2.14. The molecule has 0 bridgehead atoms. The summed E-state index contributed by atoms with van der Waals surface area (Å²) >= 11 is 0. The summed E-state index contributed by atoms with van der Waals surface area (Å²) in [4.78, 5) is 0. The first kappa shape index (κ1) is 12.2. The number of alkyl halides is 1. The van der Waals surface area contributed by atoms with Crippen molar-refractivity contribution in [2.45, 2.75) is 39.8 Å². The number of nitrogens with zero attached hydrogens (tertiary/aromatic N) is 2. The molecule has 86 valence electrons. The molecule has 1 heterocycles. The van der Waals surface area contributed by atoms with Crippen LogP contribution in [0.1, 0.15) is 36.3 Å². The van der Waals surface area contributed by atoms with E-state index in [1.165, 1.54) is 5.56 Å². The molecule has 0 spiro atoms. The Hall–Kier alpha value is -0.900. The zero-order chi connectivity index (χ0) is 11.4. The van der Waals surface area contributed by atoms with Gasteiger partial charge in [-0.15, -0.1) is 0 Å². The van der Waals surface area contributed by atoms with E-state index in [0.717, 1.165) is 17.8 Å². The lowest BCUT2D eigenvalue weighted by Crippen LogP contribution is -2.17. The average Bonchev–Trinajstić information content (AvgIpc) is 2.48. The van der Waals surface area contributed by atoms with E-state index in [1.807, 2.05) is 20.9 Å². The van der Waals surface area contributed by atoms with Crippen LogP contribution in [0.25, 0.3) is 0 Å². The van der Waals surface area contributed by atoms with Crippen molar-refractivity contribution < 1.29 is 4.39 Å². The van der Waals surface area contributed by atoms with Crippen molar-refractivity contribution in [3.05, 3.63) is 17.0 Å². The lowest BCUT2D eigenvalue weighted by atomic mass is 10.0. The molecule has 3 nitrogen and oxygen atoms in total. The van der Waals surface area contributed by atoms with Crippen LogP contribution < -0.4 is 5.32 Å². The van der Waals surface area contributed by atoms with Crippen LogP contribution in [0, 0.1) is 13.8 Å². The van der Waals surface area contributed by atoms with Gasteiger partial charge in [0.25, 0.3) is 0 Å². The van der Waals surface area contributed by atoms with Gasteiger partial charge in [-0.25, -0.2) is 4.39 Å². The fourth-order valence-electron chi connectivity index (χ4n) is 2.07. The second-order valence-electron chi connectivity index (χ2n) is 3.75. The molecule has 0 saturated heterocycles. The van der Waals surface area contributed by atoms with Crippen molar-refractivity contribution >= 4 is 0 Å². The SMILES string of the molecule is CCC(NC)c1c(C)nn(CCF)c1C. The molecule has 4 heteroatoms. The molecular formula is C11H20FN3. The number of rotatable bonds is 5. The largest absolute Gasteiger partial charge is 0.313 e. The number of aryl methyl sites for hydroxylation is 2. The molecular weight excluding hydrogens is 193 g/mol. The van der Waals surface area contributed by atoms with Crippen molar-refractivity contribution in [2.24, 2.45) is 0 Å². The third-order valence-electron chi connectivity index (χ3n) is 2.84. The van der Waals surface area contributed by atoms with Gasteiger partial charge in [0.05, 0.1) is 12.2 Å². The molecule has 0 aliphatic heterocycles. The zero-order valence-electron chi connectivity index (χ0n) is 9.97. The molecule has 1 N–H and O–H groups in total. The first-order valence-corrected chi connectivity index (χ1v) is 5.42. The van der Waals surface area contributed by atoms with Crippen LogP contribution in [0.4, 0.5) is 4.39 Å². The Morgan fingerprint density at radius 1 is 1.47 bits per heavy atom. The van der Waals surface area contributed by atoms with Gasteiger partial charge in [0, 0.05) is 17.3 Å². The van der Waals surface area contributed by atoms with Gasteiger partial charge >= 0.3 is 0 Å². The maximum absolute atomic E-state index is 12.3. The second-order valence-corrected chi connectivity index (χ2v) is 3.75. The Bertz CT molecular complexity index is 316. The molecule has 1 unspecified atom stereocenters. The number of hydrogen-bond donors (Lipinski definition) is 1. The van der Waals surface area contributed by atoms with E-state index >= 15 is 0 Å². The Kier molecular flexibility index (Phi) is 4.27. The predicted molar refractivity (Wildman–Crippen MR) is 59.8 cm³/mol. The highest BCUT2D eigenvalue weighted by Crippen LogP contribution is 2.23. The van der Waals surface area contributed by atoms with Gasteiger partial charge in [-0.3, -0.25) is 4.68 Å². The minimum atomic E-state index is -0.363. The fraction of sp³-hybridized carbons (Fsp3) is 0.727. The molecule has 1 rings (SSSR count). The smallest absolute Gasteiger partial charge is 0.109 e. The van der Waals surface area contributed by atoms with Gasteiger partial charge < -0.3 is 5.32 Å². The van der Waals surface area contributed by atoms with Gasteiger partial charge in [0.2, 0.25) is 0 Å². The summed E-state index contributed by atoms with van der Waals surface area (Å²) in [5.74, 6) is 0. The summed E-state index contributed by atoms with van der Waals surface area (Å²) in [5.41, 5.74) is 3.29. The van der Waals surface area contributed by atoms with Gasteiger partial charge in [-0.1, -0.05) is 6.92 Å². The highest BCUT2D eigenvalue weighted by molar-refractivity contribution is 5.28. The normalized spacial score (nSPS) is 13.1. The number of halogens is 1. The molecule has 0 aliphatic carbocycles. The minimum Gasteiger partial charge on any atom is -0.313 e. The van der Waals surface area contributed by atoms with E-state index in [-0.39, 0.29) is 6.67 Å². The summed E-state index contributed by atoms with van der Waals surface area (Å²) < 4.78 is 14.0. The van der Waals surface area contributed by atoms with E-state index in [2.05, 4.69) is 17.3 Å². The molecule has 0 aromatic carbocycles. The lowest BCUT2D eigenvalue weighted by Gasteiger charge is -2.14. The first-order valence-electron chi connectivity index (χ1n) is 5.42. The van der Waals surface area contributed by atoms with Crippen molar-refractivity contribution in [2.75, 3.05) is 13.7 Å². The number of aromatic nitrogens is 2. The van der Waals surface area contributed by atoms with Crippen LogP contribution in [0.15, 0.2) is 0 Å². The molecule has 0 aliphatic rings. The maximum atomic E-state index is 12.3. The van der Waals surface area contributed by atoms with Crippen LogP contribution in [-0.4, -0.2) is 23.5 Å². The first-order chi connectivity index (χ1) is 7.15. The minimum absolute atomic E-state index is 0.318. The highest BCUT2D eigenvalue weighted by atomic mass is 19.1. The van der Waals surface area contributed by atoms with Crippen LogP contribution in [0.5, 0.6) is 0 Å². The summed E-state index contributed by atoms with van der Waals surface area (Å²) in [6.07, 6.45) is 1.01. The Balaban J connectivity index is 3.06. The van der Waals surface area contributed by atoms with Crippen molar-refractivity contribution in [3.63, 3.8) is 0 Å². The average molecular weight is 213 g/mol. The maximum Gasteiger partial charge on any atom is 0.109 e. The molecule has 1 atom stereocenters. The van der Waals surface area contributed by atoms with Gasteiger partial charge in [-0.2, -0.15) is 5.10 Å². The van der Waals surface area contributed by atoms with E-state index in [9.17, 15) is 4.39 Å². The Morgan fingerprint density at radius 2 is 2.13 bits per heavy atom. The van der Waals surface area contributed by atoms with Crippen molar-refractivity contribution in [1.82, 2.24) is 15.1 Å². The third-order valence-corrected chi connectivity index (χ3v) is 2.84. The van der Waals surface area contributed by atoms with Crippen LogP contribution >= 0.6 is 0 Å². The topological polar surface area (TPSA) is 29.9 Å². The molecule has 0 amide bonds. The Morgan fingerprint density at radius 3 is 2.60 bits per heavy atom. The van der Waals surface area contributed by atoms with E-state index in [1.54, 1.807) is 4.68 Å². The molecule has 0 saturated carbocycles. The van der Waals surface area contributed by atoms with E-state index < -0.39 is 0 Å². The standard InChI is InChI=1S/C11H20FN3/c1-5-10(13-4)11-8(2)14-15(7-6-12)9(11)3/h10,13H,5-7H2,1-4H3. The van der Waals surface area contributed by atoms with Crippen LogP contribution in [0.2, 0.25) is 0 Å². The zero-order valence-corrected chi connectivity index (χ0v) is 9.97. The number of hydrogen-bond acceptors (Lipinski definition) is 2. The second kappa shape index (κ2) is 5.26. The molecule has 1 aromatic heterocycles. The van der Waals surface area contributed by atoms with Gasteiger partial charge in [0.15, 0.2) is 0 Å². The van der Waals surface area contributed by atoms with Gasteiger partial charge in [-0.05, 0) is 27.3 Å². The monoisotopic (exact) mass is 213 g/mol. The molecule has 1 aromatic rings. The Labute approximate surface area is 90.7 Å². The van der Waals surface area contributed by atoms with E-state index in [0.29, 0.717) is 12.6 Å². The quantitative estimate of drug-likeness (QED) is 0.812. The fourth-order valence-corrected chi connectivity index (χ4v) is 2.07.